The predicted molar refractivity (Wildman–Crippen MR) is 101 cm³/mol. The summed E-state index contributed by atoms with van der Waals surface area (Å²) >= 11 is 24.1. The smallest absolute Gasteiger partial charge is 0.870 e. The maximum atomic E-state index is 11.8. The van der Waals surface area contributed by atoms with Crippen molar-refractivity contribution in [1.82, 2.24) is 0 Å². The standard InChI is InChI=1S/C19H10Cl4O2.Na/c20-13-6-11(7-14(21)18(13)24)17(10-4-2-1-3-5-10)12-8-15(22)19(25)16(23)9-12;/h1-9,24H;/q;+1/p-1. The molecule has 0 bridgehead atoms. The van der Waals surface area contributed by atoms with E-state index < -0.39 is 11.5 Å². The van der Waals surface area contributed by atoms with Gasteiger partial charge < -0.3 is 5.11 Å². The third kappa shape index (κ3) is 4.40. The zero-order valence-corrected chi connectivity index (χ0v) is 18.5. The molecular weight excluding hydrogens is 425 g/mol. The molecule has 0 atom stereocenters. The Morgan fingerprint density at radius 1 is 0.808 bits per heavy atom. The van der Waals surface area contributed by atoms with Crippen molar-refractivity contribution in [2.24, 2.45) is 0 Å². The molecule has 1 aliphatic carbocycles. The van der Waals surface area contributed by atoms with Crippen LogP contribution in [0.1, 0.15) is 11.1 Å². The van der Waals surface area contributed by atoms with Gasteiger partial charge in [-0.2, -0.15) is 0 Å². The summed E-state index contributed by atoms with van der Waals surface area (Å²) < 4.78 is 0. The van der Waals surface area contributed by atoms with Crippen molar-refractivity contribution in [3.63, 3.8) is 0 Å². The fourth-order valence-electron chi connectivity index (χ4n) is 2.51. The van der Waals surface area contributed by atoms with Gasteiger partial charge in [0.15, 0.2) is 0 Å². The molecule has 0 N–H and O–H groups in total. The summed E-state index contributed by atoms with van der Waals surface area (Å²) in [5.41, 5.74) is 2.77. The van der Waals surface area contributed by atoms with Crippen LogP contribution in [0.3, 0.4) is 0 Å². The van der Waals surface area contributed by atoms with Gasteiger partial charge in [-0.1, -0.05) is 82.5 Å². The van der Waals surface area contributed by atoms with Gasteiger partial charge in [-0.3, -0.25) is 4.79 Å². The van der Waals surface area contributed by atoms with Gasteiger partial charge in [0.2, 0.25) is 5.78 Å². The molecule has 0 radical (unpaired) electrons. The van der Waals surface area contributed by atoms with Crippen LogP contribution in [-0.4, -0.2) is 5.78 Å². The molecular formula is C19H9Cl4NaO2. The van der Waals surface area contributed by atoms with Gasteiger partial charge in [-0.05, 0) is 46.6 Å². The first kappa shape index (κ1) is 21.6. The largest absolute Gasteiger partial charge is 1.00 e. The number of ketones is 1. The zero-order chi connectivity index (χ0) is 18.1. The molecule has 2 nitrogen and oxygen atoms in total. The Hall–Kier alpha value is -0.710. The van der Waals surface area contributed by atoms with Crippen LogP contribution in [0.4, 0.5) is 0 Å². The number of rotatable bonds is 2. The Morgan fingerprint density at radius 2 is 1.31 bits per heavy atom. The van der Waals surface area contributed by atoms with Crippen LogP contribution in [0.5, 0.6) is 5.75 Å². The molecule has 2 aromatic rings. The van der Waals surface area contributed by atoms with Crippen LogP contribution in [0.25, 0.3) is 5.57 Å². The molecule has 0 amide bonds. The maximum Gasteiger partial charge on any atom is 1.00 e. The van der Waals surface area contributed by atoms with Gasteiger partial charge in [0.1, 0.15) is 0 Å². The fraction of sp³-hybridized carbons (Fsp3) is 0. The third-order valence-corrected chi connectivity index (χ3v) is 4.76. The molecule has 126 valence electrons. The molecule has 26 heavy (non-hydrogen) atoms. The normalized spacial score (nSPS) is 13.7. The Bertz CT molecular complexity index is 916. The number of allylic oxidation sites excluding steroid dienone is 5. The molecule has 0 aliphatic heterocycles. The molecule has 0 aromatic heterocycles. The van der Waals surface area contributed by atoms with Crippen molar-refractivity contribution in [3.8, 4) is 5.75 Å². The Labute approximate surface area is 193 Å². The van der Waals surface area contributed by atoms with E-state index in [0.29, 0.717) is 16.7 Å². The van der Waals surface area contributed by atoms with E-state index in [0.717, 1.165) is 5.56 Å². The minimum atomic E-state index is -0.439. The summed E-state index contributed by atoms with van der Waals surface area (Å²) in [5, 5.41) is 11.8. The first-order chi connectivity index (χ1) is 11.9. The van der Waals surface area contributed by atoms with E-state index in [1.54, 1.807) is 0 Å². The molecule has 7 heteroatoms. The van der Waals surface area contributed by atoms with Crippen molar-refractivity contribution in [2.75, 3.05) is 0 Å². The van der Waals surface area contributed by atoms with Gasteiger partial charge in [-0.25, -0.2) is 0 Å². The molecule has 2 aromatic carbocycles. The maximum absolute atomic E-state index is 11.8. The van der Waals surface area contributed by atoms with E-state index in [1.165, 1.54) is 24.3 Å². The second-order valence-electron chi connectivity index (χ2n) is 5.28. The number of halogens is 4. The minimum absolute atomic E-state index is 0. The van der Waals surface area contributed by atoms with Gasteiger partial charge in [0, 0.05) is 10.0 Å². The molecule has 3 rings (SSSR count). The molecule has 0 saturated heterocycles. The number of carbonyl (C=O) groups excluding carboxylic acids is 1. The molecule has 0 heterocycles. The summed E-state index contributed by atoms with van der Waals surface area (Å²) in [6.07, 6.45) is 3.07. The molecule has 0 fully saturated rings. The number of benzene rings is 2. The average molecular weight is 434 g/mol. The van der Waals surface area contributed by atoms with E-state index >= 15 is 0 Å². The summed E-state index contributed by atoms with van der Waals surface area (Å²) in [7, 11) is 0. The van der Waals surface area contributed by atoms with E-state index in [4.69, 9.17) is 46.4 Å². The third-order valence-electron chi connectivity index (χ3n) is 3.64. The van der Waals surface area contributed by atoms with Crippen LogP contribution >= 0.6 is 46.4 Å². The first-order valence-electron chi connectivity index (χ1n) is 7.13. The number of hydrogen-bond donors (Lipinski definition) is 0. The van der Waals surface area contributed by atoms with E-state index in [2.05, 4.69) is 0 Å². The molecule has 0 unspecified atom stereocenters. The Kier molecular flexibility index (Phi) is 7.46. The van der Waals surface area contributed by atoms with Crippen LogP contribution in [0, 0.1) is 0 Å². The molecule has 1 aliphatic rings. The molecule has 0 saturated carbocycles. The van der Waals surface area contributed by atoms with Crippen molar-refractivity contribution >= 4 is 57.8 Å². The van der Waals surface area contributed by atoms with E-state index in [-0.39, 0.29) is 49.7 Å². The van der Waals surface area contributed by atoms with Crippen molar-refractivity contribution in [2.45, 2.75) is 0 Å². The van der Waals surface area contributed by atoms with Crippen molar-refractivity contribution in [1.29, 1.82) is 0 Å². The van der Waals surface area contributed by atoms with E-state index in [1.807, 2.05) is 30.3 Å². The topological polar surface area (TPSA) is 40.1 Å². The number of Topliss-reactive ketones (excluding diaryl/α,β-unsaturated/α-hetero) is 1. The van der Waals surface area contributed by atoms with Gasteiger partial charge in [-0.15, -0.1) is 0 Å². The van der Waals surface area contributed by atoms with Crippen LogP contribution in [0.15, 0.2) is 70.3 Å². The number of carbonyl (C=O) groups is 1. The van der Waals surface area contributed by atoms with Crippen molar-refractivity contribution < 1.29 is 39.5 Å². The summed E-state index contributed by atoms with van der Waals surface area (Å²) in [4.78, 5) is 11.8. The van der Waals surface area contributed by atoms with Gasteiger partial charge in [0.25, 0.3) is 0 Å². The Balaban J connectivity index is 0.00000243. The van der Waals surface area contributed by atoms with Gasteiger partial charge >= 0.3 is 29.6 Å². The second-order valence-corrected chi connectivity index (χ2v) is 6.91. The quantitative estimate of drug-likeness (QED) is 0.683. The second kappa shape index (κ2) is 8.99. The summed E-state index contributed by atoms with van der Waals surface area (Å²) in [5.74, 6) is -0.879. The molecule has 0 spiro atoms. The Morgan fingerprint density at radius 3 is 1.81 bits per heavy atom. The van der Waals surface area contributed by atoms with Crippen LogP contribution in [0.2, 0.25) is 10.0 Å². The van der Waals surface area contributed by atoms with Crippen LogP contribution < -0.4 is 34.7 Å². The van der Waals surface area contributed by atoms with Gasteiger partial charge in [0.05, 0.1) is 10.1 Å². The van der Waals surface area contributed by atoms with E-state index in [9.17, 15) is 9.90 Å². The fourth-order valence-corrected chi connectivity index (χ4v) is 3.49. The minimum Gasteiger partial charge on any atom is -0.870 e. The predicted octanol–water partition coefficient (Wildman–Crippen LogP) is 2.70. The number of hydrogen-bond acceptors (Lipinski definition) is 2. The SMILES string of the molecule is O=C1C(Cl)=CC(=C(c2ccccc2)c2cc(Cl)c([O-])c(Cl)c2)C=C1Cl.[Na+]. The summed E-state index contributed by atoms with van der Waals surface area (Å²) in [6.45, 7) is 0. The summed E-state index contributed by atoms with van der Waals surface area (Å²) in [6, 6.07) is 12.4. The van der Waals surface area contributed by atoms with Crippen molar-refractivity contribution in [3.05, 3.63) is 91.4 Å². The first-order valence-corrected chi connectivity index (χ1v) is 8.65. The monoisotopic (exact) mass is 432 g/mol. The van der Waals surface area contributed by atoms with Crippen LogP contribution in [-0.2, 0) is 4.79 Å². The zero-order valence-electron chi connectivity index (χ0n) is 13.5. The average Bonchev–Trinajstić information content (AvgIpc) is 2.58.